The van der Waals surface area contributed by atoms with Crippen LogP contribution in [0.1, 0.15) is 11.3 Å². The van der Waals surface area contributed by atoms with Gasteiger partial charge in [-0.3, -0.25) is 0 Å². The first kappa shape index (κ1) is 14.8. The zero-order valence-corrected chi connectivity index (χ0v) is 10.6. The lowest BCUT2D eigenvalue weighted by atomic mass is 10.2. The Morgan fingerprint density at radius 1 is 1.33 bits per heavy atom. The van der Waals surface area contributed by atoms with Gasteiger partial charge in [-0.2, -0.15) is 28.4 Å². The maximum atomic E-state index is 13.4. The Kier molecular flexibility index (Phi) is 3.83. The van der Waals surface area contributed by atoms with Crippen LogP contribution in [0.4, 0.5) is 22.4 Å². The Labute approximate surface area is 116 Å². The maximum Gasteiger partial charge on any atom is 0.416 e. The summed E-state index contributed by atoms with van der Waals surface area (Å²) in [6.45, 7) is 1.65. The molecule has 2 aromatic rings. The molecule has 0 saturated heterocycles. The Balaban J connectivity index is 2.05. The highest BCUT2D eigenvalue weighted by molar-refractivity contribution is 5.74. The molecule has 1 aromatic carbocycles. The molecule has 0 fully saturated rings. The van der Waals surface area contributed by atoms with Gasteiger partial charge in [-0.1, -0.05) is 0 Å². The van der Waals surface area contributed by atoms with Crippen molar-refractivity contribution < 1.29 is 27.2 Å². The largest absolute Gasteiger partial charge is 0.416 e. The van der Waals surface area contributed by atoms with Crippen molar-refractivity contribution in [3.63, 3.8) is 0 Å². The molecule has 1 aromatic heterocycles. The number of hydroxylamine groups is 1. The Morgan fingerprint density at radius 2 is 2.05 bits per heavy atom. The highest BCUT2D eigenvalue weighted by atomic mass is 19.4. The second-order valence-electron chi connectivity index (χ2n) is 4.05. The van der Waals surface area contributed by atoms with Crippen molar-refractivity contribution >= 4 is 6.03 Å². The highest BCUT2D eigenvalue weighted by Gasteiger charge is 2.31. The lowest BCUT2D eigenvalue weighted by Crippen LogP contribution is -2.32. The zero-order valence-electron chi connectivity index (χ0n) is 10.6. The van der Waals surface area contributed by atoms with E-state index in [0.717, 1.165) is 10.7 Å². The average Bonchev–Trinajstić information content (AvgIpc) is 2.82. The number of amides is 1. The average molecular weight is 303 g/mol. The van der Waals surface area contributed by atoms with E-state index in [1.807, 2.05) is 5.48 Å². The fourth-order valence-corrected chi connectivity index (χ4v) is 1.43. The third-order valence-corrected chi connectivity index (χ3v) is 2.44. The molecule has 0 saturated carbocycles. The molecule has 5 nitrogen and oxygen atoms in total. The van der Waals surface area contributed by atoms with Gasteiger partial charge in [0, 0.05) is 6.20 Å². The van der Waals surface area contributed by atoms with Gasteiger partial charge in [0.25, 0.3) is 0 Å². The van der Waals surface area contributed by atoms with Gasteiger partial charge in [-0.15, -0.1) is 0 Å². The number of alkyl halides is 3. The summed E-state index contributed by atoms with van der Waals surface area (Å²) in [6, 6.07) is 2.43. The van der Waals surface area contributed by atoms with E-state index in [-0.39, 0.29) is 6.07 Å². The molecular formula is C12H9F4N3O2. The number of halogens is 4. The number of hydrogen-bond acceptors (Lipinski definition) is 3. The van der Waals surface area contributed by atoms with E-state index in [0.29, 0.717) is 11.8 Å². The highest BCUT2D eigenvalue weighted by Crippen LogP contribution is 2.31. The minimum Gasteiger partial charge on any atom is -0.375 e. The first-order chi connectivity index (χ1) is 9.77. The molecular weight excluding hydrogens is 294 g/mol. The molecule has 21 heavy (non-hydrogen) atoms. The molecule has 0 radical (unpaired) electrons. The van der Waals surface area contributed by atoms with Crippen molar-refractivity contribution in [2.75, 3.05) is 0 Å². The lowest BCUT2D eigenvalue weighted by Gasteiger charge is -2.10. The predicted octanol–water partition coefficient (Wildman–Crippen LogP) is 2.90. The van der Waals surface area contributed by atoms with E-state index in [1.165, 1.54) is 6.20 Å². The van der Waals surface area contributed by atoms with Crippen molar-refractivity contribution in [1.82, 2.24) is 15.3 Å². The predicted molar refractivity (Wildman–Crippen MR) is 62.9 cm³/mol. The zero-order chi connectivity index (χ0) is 15.6. The maximum absolute atomic E-state index is 13.4. The van der Waals surface area contributed by atoms with Crippen molar-refractivity contribution in [2.45, 2.75) is 13.1 Å². The summed E-state index contributed by atoms with van der Waals surface area (Å²) in [7, 11) is 0. The normalized spacial score (nSPS) is 11.3. The molecule has 0 bridgehead atoms. The monoisotopic (exact) mass is 303 g/mol. The molecule has 1 heterocycles. The number of aromatic nitrogens is 2. The summed E-state index contributed by atoms with van der Waals surface area (Å²) >= 11 is 0. The molecule has 0 spiro atoms. The number of hydrogen-bond donors (Lipinski definition) is 1. The third kappa shape index (κ3) is 3.50. The third-order valence-electron chi connectivity index (χ3n) is 2.44. The van der Waals surface area contributed by atoms with E-state index < -0.39 is 29.3 Å². The first-order valence-corrected chi connectivity index (χ1v) is 5.63. The molecule has 1 N–H and O–H groups in total. The number of carbonyl (C=O) groups is 1. The van der Waals surface area contributed by atoms with Gasteiger partial charge in [-0.05, 0) is 31.2 Å². The van der Waals surface area contributed by atoms with Crippen LogP contribution in [0.15, 0.2) is 30.5 Å². The van der Waals surface area contributed by atoms with Crippen LogP contribution in [0.2, 0.25) is 0 Å². The second kappa shape index (κ2) is 5.43. The summed E-state index contributed by atoms with van der Waals surface area (Å²) in [5, 5.41) is 3.77. The Hall–Kier alpha value is -2.58. The van der Waals surface area contributed by atoms with Crippen LogP contribution < -0.4 is 10.3 Å². The van der Waals surface area contributed by atoms with Gasteiger partial charge in [-0.25, -0.2) is 9.18 Å². The second-order valence-corrected chi connectivity index (χ2v) is 4.05. The van der Waals surface area contributed by atoms with Crippen molar-refractivity contribution in [1.29, 1.82) is 0 Å². The van der Waals surface area contributed by atoms with E-state index >= 15 is 0 Å². The van der Waals surface area contributed by atoms with Gasteiger partial charge < -0.3 is 4.84 Å². The number of rotatable bonds is 2. The minimum absolute atomic E-state index is 0.277. The summed E-state index contributed by atoms with van der Waals surface area (Å²) in [5.74, 6) is -1.79. The van der Waals surface area contributed by atoms with Crippen LogP contribution in [0.3, 0.4) is 0 Å². The van der Waals surface area contributed by atoms with Crippen molar-refractivity contribution in [2.24, 2.45) is 0 Å². The number of carbonyl (C=O) groups excluding carboxylic acids is 1. The van der Waals surface area contributed by atoms with Crippen LogP contribution in [-0.2, 0) is 6.18 Å². The quantitative estimate of drug-likeness (QED) is 0.685. The fraction of sp³-hybridized carbons (Fsp3) is 0.167. The number of benzene rings is 1. The number of nitrogens with zero attached hydrogens (tertiary/aromatic N) is 2. The summed E-state index contributed by atoms with van der Waals surface area (Å²) in [4.78, 5) is 16.2. The molecule has 0 atom stereocenters. The van der Waals surface area contributed by atoms with Gasteiger partial charge in [0.05, 0.1) is 11.3 Å². The van der Waals surface area contributed by atoms with E-state index in [2.05, 4.69) is 9.94 Å². The van der Waals surface area contributed by atoms with Crippen LogP contribution in [-0.4, -0.2) is 15.8 Å². The molecule has 0 aliphatic carbocycles. The fourth-order valence-electron chi connectivity index (χ4n) is 1.43. The topological polar surface area (TPSA) is 56.2 Å². The lowest BCUT2D eigenvalue weighted by molar-refractivity contribution is -0.137. The molecule has 0 aliphatic heterocycles. The Morgan fingerprint density at radius 3 is 2.57 bits per heavy atom. The van der Waals surface area contributed by atoms with Crippen molar-refractivity contribution in [3.05, 3.63) is 47.5 Å². The van der Waals surface area contributed by atoms with Crippen LogP contribution in [0.25, 0.3) is 0 Å². The van der Waals surface area contributed by atoms with E-state index in [1.54, 1.807) is 13.0 Å². The molecule has 0 aliphatic rings. The standard InChI is InChI=1S/C12H9F4N3O2/c1-7-4-5-19(17-7)11(20)18-21-10-3-2-8(6-9(10)13)12(14,15)16/h2-6H,1H3,(H,18,20). The van der Waals surface area contributed by atoms with Crippen LogP contribution in [0, 0.1) is 12.7 Å². The van der Waals surface area contributed by atoms with E-state index in [9.17, 15) is 22.4 Å². The smallest absolute Gasteiger partial charge is 0.375 e. The Bertz CT molecular complexity index is 667. The summed E-state index contributed by atoms with van der Waals surface area (Å²) in [5.41, 5.74) is 1.29. The first-order valence-electron chi connectivity index (χ1n) is 5.63. The summed E-state index contributed by atoms with van der Waals surface area (Å²) < 4.78 is 51.4. The summed E-state index contributed by atoms with van der Waals surface area (Å²) in [6.07, 6.45) is -3.31. The van der Waals surface area contributed by atoms with Crippen molar-refractivity contribution in [3.8, 4) is 5.75 Å². The number of nitrogens with one attached hydrogen (secondary N) is 1. The molecule has 9 heteroatoms. The minimum atomic E-state index is -4.66. The SMILES string of the molecule is Cc1ccn(C(=O)NOc2ccc(C(F)(F)F)cc2F)n1. The molecule has 112 valence electrons. The van der Waals surface area contributed by atoms with Gasteiger partial charge in [0.2, 0.25) is 0 Å². The van der Waals surface area contributed by atoms with Gasteiger partial charge in [0.1, 0.15) is 0 Å². The van der Waals surface area contributed by atoms with Gasteiger partial charge >= 0.3 is 12.2 Å². The van der Waals surface area contributed by atoms with Crippen LogP contribution in [0.5, 0.6) is 5.75 Å². The number of aryl methyl sites for hydroxylation is 1. The van der Waals surface area contributed by atoms with Crippen LogP contribution >= 0.6 is 0 Å². The molecule has 1 amide bonds. The molecule has 2 rings (SSSR count). The van der Waals surface area contributed by atoms with E-state index in [4.69, 9.17) is 0 Å². The molecule has 0 unspecified atom stereocenters. The van der Waals surface area contributed by atoms with Gasteiger partial charge in [0.15, 0.2) is 11.6 Å².